The van der Waals surface area contributed by atoms with Gasteiger partial charge in [-0.2, -0.15) is 5.10 Å². The van der Waals surface area contributed by atoms with Gasteiger partial charge in [-0.3, -0.25) is 5.10 Å². The van der Waals surface area contributed by atoms with E-state index in [2.05, 4.69) is 10.2 Å². The van der Waals surface area contributed by atoms with Crippen LogP contribution >= 0.6 is 0 Å². The van der Waals surface area contributed by atoms with Gasteiger partial charge >= 0.3 is 0 Å². The van der Waals surface area contributed by atoms with Crippen LogP contribution in [0, 0.1) is 0 Å². The summed E-state index contributed by atoms with van der Waals surface area (Å²) in [6, 6.07) is 6.78. The van der Waals surface area contributed by atoms with E-state index in [-0.39, 0.29) is 5.75 Å². The zero-order valence-corrected chi connectivity index (χ0v) is 8.19. The highest BCUT2D eigenvalue weighted by Gasteiger charge is 2.06. The number of anilines is 1. The molecule has 1 aromatic heterocycles. The van der Waals surface area contributed by atoms with E-state index in [1.54, 1.807) is 18.2 Å². The maximum Gasteiger partial charge on any atom is 0.160 e. The van der Waals surface area contributed by atoms with Crippen molar-refractivity contribution in [2.75, 3.05) is 12.8 Å². The first-order chi connectivity index (χ1) is 7.20. The summed E-state index contributed by atoms with van der Waals surface area (Å²) in [5, 5.41) is 16.1. The smallest absolute Gasteiger partial charge is 0.160 e. The van der Waals surface area contributed by atoms with Crippen LogP contribution in [0.5, 0.6) is 11.5 Å². The van der Waals surface area contributed by atoms with Crippen LogP contribution in [0.3, 0.4) is 0 Å². The number of nitrogens with two attached hydrogens (primary N) is 1. The normalized spacial score (nSPS) is 10.2. The van der Waals surface area contributed by atoms with Crippen LogP contribution < -0.4 is 10.5 Å². The van der Waals surface area contributed by atoms with E-state index >= 15 is 0 Å². The third-order valence-corrected chi connectivity index (χ3v) is 2.09. The van der Waals surface area contributed by atoms with Gasteiger partial charge in [-0.05, 0) is 18.2 Å². The van der Waals surface area contributed by atoms with Crippen LogP contribution in [-0.2, 0) is 0 Å². The van der Waals surface area contributed by atoms with Crippen molar-refractivity contribution in [1.29, 1.82) is 0 Å². The quantitative estimate of drug-likeness (QED) is 0.691. The molecule has 0 aliphatic rings. The molecule has 0 saturated heterocycles. The topological polar surface area (TPSA) is 84.2 Å². The van der Waals surface area contributed by atoms with E-state index < -0.39 is 0 Å². The lowest BCUT2D eigenvalue weighted by Crippen LogP contribution is -1.84. The standard InChI is InChI=1S/C10H11N3O2/c1-15-9-3-2-6(4-8(9)14)7-5-10(11)13-12-7/h2-5,14H,1H3,(H3,11,12,13). The Morgan fingerprint density at radius 3 is 2.73 bits per heavy atom. The lowest BCUT2D eigenvalue weighted by atomic mass is 10.1. The Bertz CT molecular complexity index is 479. The molecule has 0 saturated carbocycles. The molecule has 5 heteroatoms. The minimum absolute atomic E-state index is 0.0863. The van der Waals surface area contributed by atoms with Gasteiger partial charge in [0, 0.05) is 11.6 Å². The lowest BCUT2D eigenvalue weighted by Gasteiger charge is -2.04. The Hall–Kier alpha value is -2.17. The number of methoxy groups -OCH3 is 1. The molecule has 0 radical (unpaired) electrons. The predicted octanol–water partition coefficient (Wildman–Crippen LogP) is 1.37. The number of nitrogen functional groups attached to an aromatic ring is 1. The van der Waals surface area contributed by atoms with Gasteiger partial charge in [-0.25, -0.2) is 0 Å². The summed E-state index contributed by atoms with van der Waals surface area (Å²) >= 11 is 0. The highest BCUT2D eigenvalue weighted by atomic mass is 16.5. The molecule has 0 aliphatic carbocycles. The van der Waals surface area contributed by atoms with Gasteiger partial charge < -0.3 is 15.6 Å². The molecule has 0 bridgehead atoms. The zero-order chi connectivity index (χ0) is 10.8. The Labute approximate surface area is 86.5 Å². The summed E-state index contributed by atoms with van der Waals surface area (Å²) in [4.78, 5) is 0. The molecular formula is C10H11N3O2. The molecule has 5 nitrogen and oxygen atoms in total. The molecule has 0 fully saturated rings. The van der Waals surface area contributed by atoms with Gasteiger partial charge in [-0.15, -0.1) is 0 Å². The molecule has 78 valence electrons. The second-order valence-electron chi connectivity index (χ2n) is 3.09. The maximum atomic E-state index is 9.57. The number of nitrogens with one attached hydrogen (secondary N) is 1. The van der Waals surface area contributed by atoms with Crippen LogP contribution in [0.15, 0.2) is 24.3 Å². The van der Waals surface area contributed by atoms with Crippen LogP contribution in [-0.4, -0.2) is 22.4 Å². The predicted molar refractivity (Wildman–Crippen MR) is 56.7 cm³/mol. The molecule has 15 heavy (non-hydrogen) atoms. The van der Waals surface area contributed by atoms with Gasteiger partial charge in [0.05, 0.1) is 12.8 Å². The van der Waals surface area contributed by atoms with Crippen molar-refractivity contribution >= 4 is 5.82 Å². The summed E-state index contributed by atoms with van der Waals surface area (Å²) in [6.45, 7) is 0. The van der Waals surface area contributed by atoms with Crippen LogP contribution in [0.1, 0.15) is 0 Å². The number of aromatic nitrogens is 2. The van der Waals surface area contributed by atoms with Gasteiger partial charge in [0.2, 0.25) is 0 Å². The summed E-state index contributed by atoms with van der Waals surface area (Å²) in [6.07, 6.45) is 0. The monoisotopic (exact) mass is 205 g/mol. The third kappa shape index (κ3) is 1.71. The van der Waals surface area contributed by atoms with Crippen LogP contribution in [0.2, 0.25) is 0 Å². The molecule has 0 unspecified atom stereocenters. The number of phenolic OH excluding ortho intramolecular Hbond substituents is 1. The Balaban J connectivity index is 2.42. The number of phenols is 1. The van der Waals surface area contributed by atoms with Crippen molar-refractivity contribution in [3.8, 4) is 22.8 Å². The lowest BCUT2D eigenvalue weighted by molar-refractivity contribution is 0.373. The van der Waals surface area contributed by atoms with E-state index in [9.17, 15) is 5.11 Å². The average molecular weight is 205 g/mol. The first kappa shape index (κ1) is 9.39. The molecule has 0 amide bonds. The second kappa shape index (κ2) is 3.53. The fourth-order valence-electron chi connectivity index (χ4n) is 1.34. The molecule has 0 aliphatic heterocycles. The van der Waals surface area contributed by atoms with E-state index in [1.807, 2.05) is 6.07 Å². The fourth-order valence-corrected chi connectivity index (χ4v) is 1.34. The van der Waals surface area contributed by atoms with E-state index in [1.165, 1.54) is 7.11 Å². The molecule has 0 spiro atoms. The van der Waals surface area contributed by atoms with Crippen LogP contribution in [0.25, 0.3) is 11.3 Å². The second-order valence-corrected chi connectivity index (χ2v) is 3.09. The minimum Gasteiger partial charge on any atom is -0.504 e. The Morgan fingerprint density at radius 1 is 1.40 bits per heavy atom. The fraction of sp³-hybridized carbons (Fsp3) is 0.100. The average Bonchev–Trinajstić information content (AvgIpc) is 2.65. The highest BCUT2D eigenvalue weighted by Crippen LogP contribution is 2.30. The number of hydrogen-bond donors (Lipinski definition) is 3. The summed E-state index contributed by atoms with van der Waals surface area (Å²) in [7, 11) is 1.50. The molecule has 0 atom stereocenters. The third-order valence-electron chi connectivity index (χ3n) is 2.09. The molecule has 4 N–H and O–H groups in total. The maximum absolute atomic E-state index is 9.57. The number of rotatable bonds is 2. The molecule has 1 aromatic carbocycles. The Kier molecular flexibility index (Phi) is 2.21. The Morgan fingerprint density at radius 2 is 2.20 bits per heavy atom. The van der Waals surface area contributed by atoms with Crippen molar-refractivity contribution in [3.05, 3.63) is 24.3 Å². The SMILES string of the molecule is COc1ccc(-c2cc(N)n[nH]2)cc1O. The summed E-state index contributed by atoms with van der Waals surface area (Å²) in [5.74, 6) is 0.940. The number of benzene rings is 1. The molecule has 2 aromatic rings. The molecular weight excluding hydrogens is 194 g/mol. The van der Waals surface area contributed by atoms with Crippen molar-refractivity contribution in [2.24, 2.45) is 0 Å². The molecule has 1 heterocycles. The largest absolute Gasteiger partial charge is 0.504 e. The highest BCUT2D eigenvalue weighted by molar-refractivity contribution is 5.65. The van der Waals surface area contributed by atoms with E-state index in [4.69, 9.17) is 10.5 Å². The van der Waals surface area contributed by atoms with Crippen molar-refractivity contribution < 1.29 is 9.84 Å². The number of nitrogens with zero attached hydrogens (tertiary/aromatic N) is 1. The van der Waals surface area contributed by atoms with Crippen molar-refractivity contribution in [1.82, 2.24) is 10.2 Å². The first-order valence-corrected chi connectivity index (χ1v) is 4.39. The number of ether oxygens (including phenoxy) is 1. The number of aromatic amines is 1. The van der Waals surface area contributed by atoms with Gasteiger partial charge in [-0.1, -0.05) is 0 Å². The first-order valence-electron chi connectivity index (χ1n) is 4.39. The number of hydrogen-bond acceptors (Lipinski definition) is 4. The number of H-pyrrole nitrogens is 1. The van der Waals surface area contributed by atoms with E-state index in [0.717, 1.165) is 11.3 Å². The molecule has 2 rings (SSSR count). The zero-order valence-electron chi connectivity index (χ0n) is 8.19. The van der Waals surface area contributed by atoms with Gasteiger partial charge in [0.1, 0.15) is 5.82 Å². The van der Waals surface area contributed by atoms with Gasteiger partial charge in [0.25, 0.3) is 0 Å². The number of aromatic hydroxyl groups is 1. The van der Waals surface area contributed by atoms with Crippen molar-refractivity contribution in [2.45, 2.75) is 0 Å². The van der Waals surface area contributed by atoms with Crippen LogP contribution in [0.4, 0.5) is 5.82 Å². The van der Waals surface area contributed by atoms with Crippen molar-refractivity contribution in [3.63, 3.8) is 0 Å². The van der Waals surface area contributed by atoms with Gasteiger partial charge in [0.15, 0.2) is 11.5 Å². The minimum atomic E-state index is 0.0863. The summed E-state index contributed by atoms with van der Waals surface area (Å²) < 4.78 is 4.94. The summed E-state index contributed by atoms with van der Waals surface area (Å²) in [5.41, 5.74) is 7.04. The van der Waals surface area contributed by atoms with E-state index in [0.29, 0.717) is 11.6 Å².